The summed E-state index contributed by atoms with van der Waals surface area (Å²) in [5.74, 6) is 0.229. The number of ether oxygens (including phenoxy) is 1. The molecule has 0 saturated carbocycles. The Balaban J connectivity index is 0.000000274. The third-order valence-electron chi connectivity index (χ3n) is 4.97. The van der Waals surface area contributed by atoms with Crippen LogP contribution in [-0.4, -0.2) is 36.6 Å². The van der Waals surface area contributed by atoms with Gasteiger partial charge in [-0.1, -0.05) is 66.8 Å². The second kappa shape index (κ2) is 12.6. The number of rotatable bonds is 4. The molecule has 0 aliphatic heterocycles. The van der Waals surface area contributed by atoms with Gasteiger partial charge in [0.15, 0.2) is 0 Å². The zero-order chi connectivity index (χ0) is 22.9. The molecule has 3 aromatic carbocycles. The van der Waals surface area contributed by atoms with Crippen molar-refractivity contribution in [1.82, 2.24) is 4.90 Å². The van der Waals surface area contributed by atoms with Gasteiger partial charge in [0.25, 0.3) is 0 Å². The SMILES string of the molecule is CC(=O)Oc1ccc(O)cc1.CN(C)CCC=C1c2ccccc2C=Cc2ccccc21.Cl. The van der Waals surface area contributed by atoms with E-state index in [2.05, 4.69) is 85.8 Å². The molecule has 1 aliphatic rings. The smallest absolute Gasteiger partial charge is 0.308 e. The molecule has 0 amide bonds. The van der Waals surface area contributed by atoms with Gasteiger partial charge in [-0.25, -0.2) is 0 Å². The van der Waals surface area contributed by atoms with Crippen LogP contribution in [-0.2, 0) is 4.79 Å². The Hall–Kier alpha value is -3.34. The van der Waals surface area contributed by atoms with Crippen LogP contribution < -0.4 is 4.74 Å². The van der Waals surface area contributed by atoms with E-state index in [9.17, 15) is 4.79 Å². The minimum atomic E-state index is -0.365. The van der Waals surface area contributed by atoms with Crippen LogP contribution in [0.3, 0.4) is 0 Å². The van der Waals surface area contributed by atoms with Crippen molar-refractivity contribution < 1.29 is 14.6 Å². The van der Waals surface area contributed by atoms with Crippen molar-refractivity contribution >= 4 is 36.1 Å². The predicted octanol–water partition coefficient (Wildman–Crippen LogP) is 6.29. The molecule has 0 aromatic heterocycles. The maximum atomic E-state index is 10.4. The molecule has 1 N–H and O–H groups in total. The van der Waals surface area contributed by atoms with Gasteiger partial charge in [-0.05, 0) is 72.6 Å². The van der Waals surface area contributed by atoms with E-state index in [1.165, 1.54) is 59.0 Å². The number of carbonyl (C=O) groups excluding carboxylic acids is 1. The zero-order valence-corrected chi connectivity index (χ0v) is 20.0. The molecule has 4 nitrogen and oxygen atoms in total. The normalized spacial score (nSPS) is 11.2. The summed E-state index contributed by atoms with van der Waals surface area (Å²) in [7, 11) is 4.24. The summed E-state index contributed by atoms with van der Waals surface area (Å²) in [6, 6.07) is 23.3. The average Bonchev–Trinajstić information content (AvgIpc) is 2.93. The summed E-state index contributed by atoms with van der Waals surface area (Å²) in [5.41, 5.74) is 6.61. The minimum Gasteiger partial charge on any atom is -0.508 e. The van der Waals surface area contributed by atoms with Gasteiger partial charge in [0.05, 0.1) is 0 Å². The number of hydrogen-bond acceptors (Lipinski definition) is 4. The summed E-state index contributed by atoms with van der Waals surface area (Å²) in [4.78, 5) is 12.6. The number of carbonyl (C=O) groups is 1. The highest BCUT2D eigenvalue weighted by Crippen LogP contribution is 2.33. The number of phenolic OH excluding ortho intramolecular Hbond substituents is 1. The van der Waals surface area contributed by atoms with E-state index in [1.54, 1.807) is 0 Å². The summed E-state index contributed by atoms with van der Waals surface area (Å²) in [6.45, 7) is 2.40. The number of nitrogens with zero attached hydrogens (tertiary/aromatic N) is 1. The quantitative estimate of drug-likeness (QED) is 0.285. The van der Waals surface area contributed by atoms with Gasteiger partial charge >= 0.3 is 5.97 Å². The lowest BCUT2D eigenvalue weighted by atomic mass is 9.93. The van der Waals surface area contributed by atoms with Crippen molar-refractivity contribution in [3.63, 3.8) is 0 Å². The Bertz CT molecular complexity index is 1070. The highest BCUT2D eigenvalue weighted by molar-refractivity contribution is 5.93. The van der Waals surface area contributed by atoms with Crippen LogP contribution in [0.5, 0.6) is 11.5 Å². The minimum absolute atomic E-state index is 0. The molecule has 0 bridgehead atoms. The molecule has 0 atom stereocenters. The van der Waals surface area contributed by atoms with Crippen molar-refractivity contribution in [2.24, 2.45) is 0 Å². The monoisotopic (exact) mass is 463 g/mol. The molecule has 33 heavy (non-hydrogen) atoms. The number of benzene rings is 3. The Labute approximate surface area is 202 Å². The van der Waals surface area contributed by atoms with E-state index in [1.807, 2.05) is 0 Å². The van der Waals surface area contributed by atoms with Crippen molar-refractivity contribution in [3.8, 4) is 11.5 Å². The number of esters is 1. The van der Waals surface area contributed by atoms with E-state index in [0.29, 0.717) is 5.75 Å². The van der Waals surface area contributed by atoms with Crippen LogP contribution in [0.1, 0.15) is 35.6 Å². The Morgan fingerprint density at radius 3 is 1.88 bits per heavy atom. The van der Waals surface area contributed by atoms with Crippen LogP contribution in [0, 0.1) is 0 Å². The average molecular weight is 464 g/mol. The van der Waals surface area contributed by atoms with Gasteiger partial charge in [0.2, 0.25) is 0 Å². The highest BCUT2D eigenvalue weighted by atomic mass is 35.5. The van der Waals surface area contributed by atoms with Gasteiger partial charge in [0, 0.05) is 13.5 Å². The fourth-order valence-corrected chi connectivity index (χ4v) is 3.47. The number of aromatic hydroxyl groups is 1. The van der Waals surface area contributed by atoms with Gasteiger partial charge in [-0.15, -0.1) is 12.4 Å². The summed E-state index contributed by atoms with van der Waals surface area (Å²) < 4.78 is 4.72. The van der Waals surface area contributed by atoms with Crippen molar-refractivity contribution in [1.29, 1.82) is 0 Å². The fourth-order valence-electron chi connectivity index (χ4n) is 3.47. The number of halogens is 1. The summed E-state index contributed by atoms with van der Waals surface area (Å²) in [5, 5.41) is 8.85. The molecule has 5 heteroatoms. The van der Waals surface area contributed by atoms with E-state index in [4.69, 9.17) is 9.84 Å². The first-order chi connectivity index (χ1) is 15.4. The highest BCUT2D eigenvalue weighted by Gasteiger charge is 2.13. The first kappa shape index (κ1) is 25.9. The second-order valence-corrected chi connectivity index (χ2v) is 7.81. The number of phenols is 1. The maximum Gasteiger partial charge on any atom is 0.308 e. The van der Waals surface area contributed by atoms with Crippen molar-refractivity contribution in [2.75, 3.05) is 20.6 Å². The summed E-state index contributed by atoms with van der Waals surface area (Å²) >= 11 is 0. The van der Waals surface area contributed by atoms with Crippen molar-refractivity contribution in [2.45, 2.75) is 13.3 Å². The van der Waals surface area contributed by atoms with Gasteiger partial charge in [-0.3, -0.25) is 4.79 Å². The predicted molar refractivity (Wildman–Crippen MR) is 139 cm³/mol. The topological polar surface area (TPSA) is 49.8 Å². The first-order valence-corrected chi connectivity index (χ1v) is 10.6. The fraction of sp³-hybridized carbons (Fsp3) is 0.179. The van der Waals surface area contributed by atoms with Gasteiger partial charge in [-0.2, -0.15) is 0 Å². The molecule has 0 radical (unpaired) electrons. The van der Waals surface area contributed by atoms with Crippen LogP contribution in [0.15, 0.2) is 78.9 Å². The lowest BCUT2D eigenvalue weighted by Gasteiger charge is -2.13. The molecule has 0 fully saturated rings. The largest absolute Gasteiger partial charge is 0.508 e. The molecule has 1 aliphatic carbocycles. The Morgan fingerprint density at radius 1 is 0.879 bits per heavy atom. The molecule has 4 rings (SSSR count). The third kappa shape index (κ3) is 7.63. The number of hydrogen-bond donors (Lipinski definition) is 1. The first-order valence-electron chi connectivity index (χ1n) is 10.6. The Kier molecular flexibility index (Phi) is 9.92. The maximum absolute atomic E-state index is 10.4. The van der Waals surface area contributed by atoms with Crippen LogP contribution in [0.4, 0.5) is 0 Å². The van der Waals surface area contributed by atoms with E-state index < -0.39 is 0 Å². The molecule has 172 valence electrons. The van der Waals surface area contributed by atoms with Gasteiger partial charge < -0.3 is 14.7 Å². The Morgan fingerprint density at radius 2 is 1.39 bits per heavy atom. The molecule has 0 heterocycles. The summed E-state index contributed by atoms with van der Waals surface area (Å²) in [6.07, 6.45) is 7.89. The van der Waals surface area contributed by atoms with E-state index in [0.717, 1.165) is 13.0 Å². The van der Waals surface area contributed by atoms with Crippen LogP contribution >= 0.6 is 12.4 Å². The molecule has 0 spiro atoms. The third-order valence-corrected chi connectivity index (χ3v) is 4.97. The molecule has 3 aromatic rings. The standard InChI is InChI=1S/C20H21N.C8H8O3.ClH/c1-21(2)15-7-12-20-18-10-5-3-8-16(18)13-14-17-9-4-6-11-19(17)20;1-6(9)11-8-4-2-7(10)3-5-8;/h3-6,8-14H,7,15H2,1-2H3;2-5,10H,1H3;1H. The van der Waals surface area contributed by atoms with E-state index >= 15 is 0 Å². The second-order valence-electron chi connectivity index (χ2n) is 7.81. The van der Waals surface area contributed by atoms with Crippen LogP contribution in [0.2, 0.25) is 0 Å². The van der Waals surface area contributed by atoms with Crippen LogP contribution in [0.25, 0.3) is 17.7 Å². The van der Waals surface area contributed by atoms with Gasteiger partial charge in [0.1, 0.15) is 11.5 Å². The lowest BCUT2D eigenvalue weighted by molar-refractivity contribution is -0.131. The molecule has 0 unspecified atom stereocenters. The zero-order valence-electron chi connectivity index (χ0n) is 19.2. The van der Waals surface area contributed by atoms with E-state index in [-0.39, 0.29) is 24.1 Å². The molecular formula is C28H30ClNO3. The molecule has 0 saturated heterocycles. The van der Waals surface area contributed by atoms with Crippen molar-refractivity contribution in [3.05, 3.63) is 101 Å². The number of fused-ring (bicyclic) bond motifs is 2. The lowest BCUT2D eigenvalue weighted by Crippen LogP contribution is -2.12. The molecular weight excluding hydrogens is 434 g/mol.